The van der Waals surface area contributed by atoms with Gasteiger partial charge in [-0.25, -0.2) is 0 Å². The minimum atomic E-state index is -2.32. The van der Waals surface area contributed by atoms with Crippen LogP contribution >= 0.6 is 0 Å². The quantitative estimate of drug-likeness (QED) is 0.122. The second-order valence-corrected chi connectivity index (χ2v) is 33.4. The molecule has 0 saturated heterocycles. The molecule has 2 unspecified atom stereocenters. The molecule has 0 saturated carbocycles. The topological polar surface area (TPSA) is 0 Å². The molecule has 0 amide bonds. The van der Waals surface area contributed by atoms with E-state index in [0.29, 0.717) is 7.25 Å². The van der Waals surface area contributed by atoms with Gasteiger partial charge in [-0.1, -0.05) is 0 Å². The van der Waals surface area contributed by atoms with E-state index in [2.05, 4.69) is 162 Å². The van der Waals surface area contributed by atoms with Crippen molar-refractivity contribution in [3.8, 4) is 22.3 Å². The summed E-state index contributed by atoms with van der Waals surface area (Å²) >= 11 is -2.32. The van der Waals surface area contributed by atoms with E-state index in [0.717, 1.165) is 0 Å². The van der Waals surface area contributed by atoms with Crippen LogP contribution in [0.4, 0.5) is 0 Å². The molecule has 0 heterocycles. The van der Waals surface area contributed by atoms with Gasteiger partial charge in [0.2, 0.25) is 0 Å². The fourth-order valence-electron chi connectivity index (χ4n) is 9.51. The Kier molecular flexibility index (Phi) is 10.3. The molecule has 6 aromatic carbocycles. The van der Waals surface area contributed by atoms with Crippen LogP contribution in [0.25, 0.3) is 56.0 Å². The zero-order valence-electron chi connectivity index (χ0n) is 31.9. The third kappa shape index (κ3) is 6.19. The van der Waals surface area contributed by atoms with E-state index in [1.165, 1.54) is 105 Å². The minimum absolute atomic E-state index is 0.559. The van der Waals surface area contributed by atoms with Crippen molar-refractivity contribution in [1.82, 2.24) is 0 Å². The van der Waals surface area contributed by atoms with Gasteiger partial charge in [0.1, 0.15) is 0 Å². The average molecular weight is 772 g/mol. The Labute approximate surface area is 319 Å². The third-order valence-corrected chi connectivity index (χ3v) is 31.4. The van der Waals surface area contributed by atoms with E-state index in [9.17, 15) is 0 Å². The molecule has 6 aromatic rings. The second-order valence-electron chi connectivity index (χ2n) is 15.5. The Morgan fingerprint density at radius 1 is 0.519 bits per heavy atom. The van der Waals surface area contributed by atoms with Crippen molar-refractivity contribution in [3.63, 3.8) is 0 Å². The van der Waals surface area contributed by atoms with Gasteiger partial charge in [-0.15, -0.1) is 0 Å². The van der Waals surface area contributed by atoms with Gasteiger partial charge in [0.05, 0.1) is 0 Å². The van der Waals surface area contributed by atoms with Crippen molar-refractivity contribution >= 4 is 39.1 Å². The summed E-state index contributed by atoms with van der Waals surface area (Å²) in [6, 6.07) is 42.0. The molecule has 52 heavy (non-hydrogen) atoms. The molecule has 2 aliphatic rings. The van der Waals surface area contributed by atoms with Gasteiger partial charge < -0.3 is 0 Å². The van der Waals surface area contributed by atoms with Crippen molar-refractivity contribution in [3.05, 3.63) is 154 Å². The molecular weight excluding hydrogens is 720 g/mol. The summed E-state index contributed by atoms with van der Waals surface area (Å²) in [5, 5.41) is 5.42. The predicted octanol–water partition coefficient (Wildman–Crippen LogP) is 14.8. The van der Waals surface area contributed by atoms with Crippen molar-refractivity contribution in [2.75, 3.05) is 0 Å². The standard InChI is InChI=1S/2C24H23.C2H6Si.Zr/c2*1-3-4-8-18-15-20-10-7-12-22(23(20)16-18)24-17(2)13-14-19-9-5-6-11-21(19)24;1-3-2;/h2*5-7,9-16H,3-4,8H2,1-2H3;1-2H3;. The van der Waals surface area contributed by atoms with Gasteiger partial charge in [0.25, 0.3) is 0 Å². The maximum absolute atomic E-state index is 2.71. The van der Waals surface area contributed by atoms with Crippen LogP contribution in [0.15, 0.2) is 120 Å². The number of aryl methyl sites for hydroxylation is 2. The van der Waals surface area contributed by atoms with Crippen LogP contribution in [0.1, 0.15) is 93.0 Å². The summed E-state index contributed by atoms with van der Waals surface area (Å²) in [6.45, 7) is 14.7. The van der Waals surface area contributed by atoms with Crippen LogP contribution in [0, 0.1) is 13.8 Å². The van der Waals surface area contributed by atoms with E-state index in [1.54, 1.807) is 22.3 Å². The van der Waals surface area contributed by atoms with Crippen molar-refractivity contribution in [1.29, 1.82) is 0 Å². The second kappa shape index (κ2) is 15.0. The molecular formula is C50H52SiZr. The molecule has 260 valence electrons. The van der Waals surface area contributed by atoms with Gasteiger partial charge in [-0.2, -0.15) is 0 Å². The third-order valence-electron chi connectivity index (χ3n) is 12.0. The van der Waals surface area contributed by atoms with Crippen molar-refractivity contribution < 1.29 is 20.4 Å². The summed E-state index contributed by atoms with van der Waals surface area (Å²) in [6.07, 6.45) is 12.9. The molecule has 2 heteroatoms. The Hall–Kier alpha value is -3.58. The van der Waals surface area contributed by atoms with E-state index >= 15 is 0 Å². The van der Waals surface area contributed by atoms with Crippen LogP contribution in [-0.2, 0) is 20.4 Å². The Balaban J connectivity index is 1.33. The van der Waals surface area contributed by atoms with E-state index < -0.39 is 25.8 Å². The first kappa shape index (κ1) is 35.4. The normalized spacial score (nSPS) is 16.2. The molecule has 0 spiro atoms. The number of allylic oxidation sites excluding steroid dienone is 2. The van der Waals surface area contributed by atoms with Gasteiger partial charge in [-0.05, 0) is 0 Å². The molecule has 0 bridgehead atoms. The SMILES string of the molecule is CCCCC1=Cc2c(-c3c(C)ccc4ccccc34)cccc2[CH]1[Zr]([CH]1C(CCCC)=Cc2c(-c3c(C)ccc4ccccc34)cccc21)=[Si](C)C. The Morgan fingerprint density at radius 2 is 0.962 bits per heavy atom. The van der Waals surface area contributed by atoms with Crippen LogP contribution in [0.3, 0.4) is 0 Å². The van der Waals surface area contributed by atoms with Gasteiger partial charge in [-0.3, -0.25) is 0 Å². The number of unbranched alkanes of at least 4 members (excludes halogenated alkanes) is 2. The molecule has 0 nitrogen and oxygen atoms in total. The number of benzene rings is 6. The molecule has 2 aliphatic carbocycles. The first-order chi connectivity index (χ1) is 25.4. The molecule has 0 fully saturated rings. The summed E-state index contributed by atoms with van der Waals surface area (Å²) < 4.78 is 1.26. The molecule has 0 N–H and O–H groups in total. The average Bonchev–Trinajstić information content (AvgIpc) is 3.71. The fourth-order valence-corrected chi connectivity index (χ4v) is 30.0. The summed E-state index contributed by atoms with van der Waals surface area (Å²) in [5.74, 6) is 0. The van der Waals surface area contributed by atoms with Crippen molar-refractivity contribution in [2.24, 2.45) is 0 Å². The summed E-state index contributed by atoms with van der Waals surface area (Å²) in [7, 11) is 0. The first-order valence-electron chi connectivity index (χ1n) is 19.7. The van der Waals surface area contributed by atoms with E-state index in [4.69, 9.17) is 0 Å². The Morgan fingerprint density at radius 3 is 1.38 bits per heavy atom. The van der Waals surface area contributed by atoms with Gasteiger partial charge in [0, 0.05) is 0 Å². The first-order valence-corrected chi connectivity index (χ1v) is 28.7. The van der Waals surface area contributed by atoms with Gasteiger partial charge >= 0.3 is 322 Å². The zero-order valence-corrected chi connectivity index (χ0v) is 35.4. The zero-order chi connectivity index (χ0) is 35.9. The van der Waals surface area contributed by atoms with Crippen LogP contribution < -0.4 is 0 Å². The van der Waals surface area contributed by atoms with Crippen LogP contribution in [-0.4, -0.2) is 5.43 Å². The fraction of sp³-hybridized carbons (Fsp3) is 0.280. The number of hydrogen-bond donors (Lipinski definition) is 0. The molecule has 0 aliphatic heterocycles. The van der Waals surface area contributed by atoms with Gasteiger partial charge in [0.15, 0.2) is 0 Å². The molecule has 0 aromatic heterocycles. The predicted molar refractivity (Wildman–Crippen MR) is 226 cm³/mol. The summed E-state index contributed by atoms with van der Waals surface area (Å²) in [5.41, 5.74) is 17.8. The molecule has 2 atom stereocenters. The summed E-state index contributed by atoms with van der Waals surface area (Å²) in [4.78, 5) is 0. The van der Waals surface area contributed by atoms with E-state index in [1.807, 2.05) is 0 Å². The molecule has 0 radical (unpaired) electrons. The number of hydrogen-bond acceptors (Lipinski definition) is 0. The van der Waals surface area contributed by atoms with Crippen molar-refractivity contribution in [2.45, 2.75) is 86.6 Å². The van der Waals surface area contributed by atoms with Crippen LogP contribution in [0.2, 0.25) is 13.1 Å². The monoisotopic (exact) mass is 770 g/mol. The van der Waals surface area contributed by atoms with E-state index in [-0.39, 0.29) is 0 Å². The van der Waals surface area contributed by atoms with Crippen LogP contribution in [0.5, 0.6) is 0 Å². The Bertz CT molecular complexity index is 2270. The molecule has 8 rings (SSSR count). The number of rotatable bonds is 10. The number of fused-ring (bicyclic) bond motifs is 4. The maximum atomic E-state index is 2.71.